The molecule has 2 heterocycles. The highest BCUT2D eigenvalue weighted by molar-refractivity contribution is 7.88. The van der Waals surface area contributed by atoms with E-state index in [1.54, 1.807) is 17.5 Å². The van der Waals surface area contributed by atoms with Crippen LogP contribution >= 0.6 is 11.3 Å². The summed E-state index contributed by atoms with van der Waals surface area (Å²) < 4.78 is 70.0. The first-order valence-corrected chi connectivity index (χ1v) is 10.6. The summed E-state index contributed by atoms with van der Waals surface area (Å²) >= 11 is 1.25. The van der Waals surface area contributed by atoms with Gasteiger partial charge in [0.15, 0.2) is 0 Å². The van der Waals surface area contributed by atoms with Gasteiger partial charge in [-0.15, -0.1) is 11.3 Å². The van der Waals surface area contributed by atoms with Crippen LogP contribution in [0.1, 0.15) is 21.6 Å². The number of aliphatic hydroxyl groups is 1. The zero-order chi connectivity index (χ0) is 20.4. The minimum atomic E-state index is -4.49. The lowest BCUT2D eigenvalue weighted by atomic mass is 9.95. The molecule has 0 spiro atoms. The molecule has 3 aromatic rings. The van der Waals surface area contributed by atoms with Crippen molar-refractivity contribution >= 4 is 21.4 Å². The number of hydrogen-bond acceptors (Lipinski definition) is 5. The van der Waals surface area contributed by atoms with Crippen LogP contribution < -0.4 is 4.72 Å². The van der Waals surface area contributed by atoms with E-state index in [1.807, 2.05) is 0 Å². The Kier molecular flexibility index (Phi) is 5.67. The van der Waals surface area contributed by atoms with Gasteiger partial charge in [0, 0.05) is 17.0 Å². The number of nitrogens with one attached hydrogen (secondary N) is 1. The van der Waals surface area contributed by atoms with Crippen LogP contribution in [0.25, 0.3) is 0 Å². The summed E-state index contributed by atoms with van der Waals surface area (Å²) in [5.74, 6) is -0.517. The third kappa shape index (κ3) is 4.64. The van der Waals surface area contributed by atoms with Crippen LogP contribution in [-0.2, 0) is 27.6 Å². The van der Waals surface area contributed by atoms with Gasteiger partial charge in [-0.25, -0.2) is 13.1 Å². The molecule has 0 aliphatic heterocycles. The molecule has 1 aromatic carbocycles. The molecule has 2 aromatic heterocycles. The molecule has 0 radical (unpaired) electrons. The van der Waals surface area contributed by atoms with Gasteiger partial charge in [0.2, 0.25) is 10.0 Å². The summed E-state index contributed by atoms with van der Waals surface area (Å²) in [7, 11) is -3.92. The molecule has 3 rings (SSSR count). The number of sulfonamides is 1. The van der Waals surface area contributed by atoms with E-state index >= 15 is 0 Å². The van der Waals surface area contributed by atoms with Crippen LogP contribution in [0.15, 0.2) is 64.8 Å². The maximum atomic E-state index is 12.6. The standard InChI is InChI=1S/C18H16F3NO4S2/c19-18(20,21)14-5-3-13(4-6-14)11-28(24,25)22-12-17(23,15-7-8-26-10-15)16-2-1-9-27-16/h1-10,22-23H,11-12H2/t17-/m1/s1. The Morgan fingerprint density at radius 2 is 1.79 bits per heavy atom. The molecule has 10 heteroatoms. The van der Waals surface area contributed by atoms with Crippen LogP contribution in [0.2, 0.25) is 0 Å². The lowest BCUT2D eigenvalue weighted by Gasteiger charge is -2.26. The molecule has 0 saturated heterocycles. The Balaban J connectivity index is 1.74. The lowest BCUT2D eigenvalue weighted by molar-refractivity contribution is -0.137. The van der Waals surface area contributed by atoms with E-state index in [1.165, 1.54) is 29.9 Å². The summed E-state index contributed by atoms with van der Waals surface area (Å²) in [6.45, 7) is -0.351. The molecule has 0 aliphatic rings. The fourth-order valence-electron chi connectivity index (χ4n) is 2.62. The Labute approximate surface area is 163 Å². The van der Waals surface area contributed by atoms with Crippen LogP contribution in [0.3, 0.4) is 0 Å². The van der Waals surface area contributed by atoms with Crippen molar-refractivity contribution in [3.8, 4) is 0 Å². The fourth-order valence-corrected chi connectivity index (χ4v) is 4.63. The van der Waals surface area contributed by atoms with Gasteiger partial charge >= 0.3 is 6.18 Å². The average Bonchev–Trinajstić information content (AvgIpc) is 3.33. The Morgan fingerprint density at radius 1 is 1.07 bits per heavy atom. The molecule has 0 bridgehead atoms. The molecule has 0 saturated carbocycles. The van der Waals surface area contributed by atoms with E-state index in [9.17, 15) is 26.7 Å². The van der Waals surface area contributed by atoms with Crippen molar-refractivity contribution in [3.05, 3.63) is 81.9 Å². The van der Waals surface area contributed by atoms with E-state index in [0.29, 0.717) is 10.4 Å². The van der Waals surface area contributed by atoms with E-state index in [4.69, 9.17) is 4.42 Å². The molecule has 150 valence electrons. The summed E-state index contributed by atoms with van der Waals surface area (Å²) in [5, 5.41) is 12.8. The first-order chi connectivity index (χ1) is 13.1. The predicted octanol–water partition coefficient (Wildman–Crippen LogP) is 3.72. The van der Waals surface area contributed by atoms with Gasteiger partial charge in [0.05, 0.1) is 23.8 Å². The molecule has 0 aliphatic carbocycles. The van der Waals surface area contributed by atoms with Gasteiger partial charge in [0.1, 0.15) is 5.60 Å². The lowest BCUT2D eigenvalue weighted by Crippen LogP contribution is -2.41. The quantitative estimate of drug-likeness (QED) is 0.598. The minimum Gasteiger partial charge on any atom is -0.472 e. The number of alkyl halides is 3. The van der Waals surface area contributed by atoms with Crippen molar-refractivity contribution < 1.29 is 31.1 Å². The average molecular weight is 431 g/mol. The van der Waals surface area contributed by atoms with Crippen LogP contribution in [0, 0.1) is 0 Å². The van der Waals surface area contributed by atoms with Crippen molar-refractivity contribution in [2.75, 3.05) is 6.54 Å². The summed E-state index contributed by atoms with van der Waals surface area (Å²) in [6.07, 6.45) is -1.80. The highest BCUT2D eigenvalue weighted by Crippen LogP contribution is 2.33. The third-order valence-electron chi connectivity index (χ3n) is 4.11. The number of thiophene rings is 1. The van der Waals surface area contributed by atoms with E-state index in [-0.39, 0.29) is 12.1 Å². The Bertz CT molecular complexity index is 962. The molecule has 5 nitrogen and oxygen atoms in total. The molecule has 0 fully saturated rings. The van der Waals surface area contributed by atoms with Crippen molar-refractivity contribution in [1.29, 1.82) is 0 Å². The monoisotopic (exact) mass is 431 g/mol. The fraction of sp³-hybridized carbons (Fsp3) is 0.222. The zero-order valence-electron chi connectivity index (χ0n) is 14.3. The zero-order valence-corrected chi connectivity index (χ0v) is 15.9. The van der Waals surface area contributed by atoms with Crippen molar-refractivity contribution in [2.24, 2.45) is 0 Å². The smallest absolute Gasteiger partial charge is 0.416 e. The van der Waals surface area contributed by atoms with Gasteiger partial charge in [-0.1, -0.05) is 18.2 Å². The van der Waals surface area contributed by atoms with E-state index in [2.05, 4.69) is 4.72 Å². The first-order valence-electron chi connectivity index (χ1n) is 8.03. The van der Waals surface area contributed by atoms with Gasteiger partial charge in [-0.3, -0.25) is 0 Å². The second-order valence-electron chi connectivity index (χ2n) is 6.12. The number of hydrogen-bond donors (Lipinski definition) is 2. The molecule has 28 heavy (non-hydrogen) atoms. The van der Waals surface area contributed by atoms with Gasteiger partial charge in [-0.2, -0.15) is 13.2 Å². The second kappa shape index (κ2) is 7.70. The molecule has 0 unspecified atom stereocenters. The molecule has 0 amide bonds. The summed E-state index contributed by atoms with van der Waals surface area (Å²) in [4.78, 5) is 0.520. The topological polar surface area (TPSA) is 79.5 Å². The van der Waals surface area contributed by atoms with E-state index in [0.717, 1.165) is 24.3 Å². The number of halogens is 3. The highest BCUT2D eigenvalue weighted by Gasteiger charge is 2.35. The van der Waals surface area contributed by atoms with Gasteiger partial charge in [-0.05, 0) is 35.2 Å². The summed E-state index contributed by atoms with van der Waals surface area (Å²) in [5.41, 5.74) is -1.90. The summed E-state index contributed by atoms with van der Waals surface area (Å²) in [6, 6.07) is 8.82. The highest BCUT2D eigenvalue weighted by atomic mass is 32.2. The predicted molar refractivity (Wildman–Crippen MR) is 98.1 cm³/mol. The largest absolute Gasteiger partial charge is 0.472 e. The maximum absolute atomic E-state index is 12.6. The molecular formula is C18H16F3NO4S2. The van der Waals surface area contributed by atoms with Crippen LogP contribution in [0.4, 0.5) is 13.2 Å². The second-order valence-corrected chi connectivity index (χ2v) is 8.88. The molecule has 2 N–H and O–H groups in total. The normalized spacial score (nSPS) is 14.7. The first kappa shape index (κ1) is 20.6. The molecular weight excluding hydrogens is 415 g/mol. The molecule has 1 atom stereocenters. The Hall–Kier alpha value is -2.14. The third-order valence-corrected chi connectivity index (χ3v) is 6.43. The van der Waals surface area contributed by atoms with Crippen molar-refractivity contribution in [1.82, 2.24) is 4.72 Å². The van der Waals surface area contributed by atoms with Gasteiger partial charge < -0.3 is 9.52 Å². The number of furan rings is 1. The number of rotatable bonds is 7. The van der Waals surface area contributed by atoms with E-state index < -0.39 is 33.1 Å². The van der Waals surface area contributed by atoms with Crippen molar-refractivity contribution in [3.63, 3.8) is 0 Å². The SMILES string of the molecule is O=S(=O)(Cc1ccc(C(F)(F)F)cc1)NC[C@@](O)(c1ccoc1)c1cccs1. The maximum Gasteiger partial charge on any atom is 0.416 e. The van der Waals surface area contributed by atoms with Crippen LogP contribution in [-0.4, -0.2) is 20.1 Å². The number of benzene rings is 1. The van der Waals surface area contributed by atoms with Gasteiger partial charge in [0.25, 0.3) is 0 Å². The van der Waals surface area contributed by atoms with Crippen LogP contribution in [0.5, 0.6) is 0 Å². The minimum absolute atomic E-state index is 0.198. The van der Waals surface area contributed by atoms with Crippen molar-refractivity contribution in [2.45, 2.75) is 17.5 Å². The Morgan fingerprint density at radius 3 is 2.32 bits per heavy atom.